The standard InChI is InChI=1S/C16H10F2O2/c17-10-3-1-9(2-4-10)15-14(8-19)12-6-5-11(18)7-13(12)16(15)20/h1-8,14-15H. The highest BCUT2D eigenvalue weighted by Gasteiger charge is 2.40. The first-order valence-electron chi connectivity index (χ1n) is 6.16. The Bertz CT molecular complexity index is 692. The van der Waals surface area contributed by atoms with Crippen molar-refractivity contribution in [3.63, 3.8) is 0 Å². The molecule has 4 heteroatoms. The molecule has 2 aromatic carbocycles. The van der Waals surface area contributed by atoms with Crippen molar-refractivity contribution >= 4 is 12.1 Å². The number of aldehydes is 1. The van der Waals surface area contributed by atoms with Crippen LogP contribution < -0.4 is 0 Å². The average Bonchev–Trinajstić information content (AvgIpc) is 2.72. The molecule has 2 unspecified atom stereocenters. The second-order valence-corrected chi connectivity index (χ2v) is 4.79. The lowest BCUT2D eigenvalue weighted by Crippen LogP contribution is -2.12. The van der Waals surface area contributed by atoms with Crippen LogP contribution >= 0.6 is 0 Å². The summed E-state index contributed by atoms with van der Waals surface area (Å²) < 4.78 is 26.2. The van der Waals surface area contributed by atoms with E-state index in [2.05, 4.69) is 0 Å². The Morgan fingerprint density at radius 1 is 0.950 bits per heavy atom. The first kappa shape index (κ1) is 12.7. The monoisotopic (exact) mass is 272 g/mol. The van der Waals surface area contributed by atoms with Crippen LogP contribution in [0.25, 0.3) is 0 Å². The molecule has 0 aliphatic heterocycles. The van der Waals surface area contributed by atoms with Crippen LogP contribution in [0.1, 0.15) is 33.3 Å². The van der Waals surface area contributed by atoms with Crippen molar-refractivity contribution in [1.82, 2.24) is 0 Å². The smallest absolute Gasteiger partial charge is 0.171 e. The average molecular weight is 272 g/mol. The highest BCUT2D eigenvalue weighted by molar-refractivity contribution is 6.09. The summed E-state index contributed by atoms with van der Waals surface area (Å²) in [4.78, 5) is 23.7. The van der Waals surface area contributed by atoms with Gasteiger partial charge >= 0.3 is 0 Å². The molecule has 20 heavy (non-hydrogen) atoms. The van der Waals surface area contributed by atoms with Gasteiger partial charge in [-0.15, -0.1) is 0 Å². The van der Waals surface area contributed by atoms with Gasteiger partial charge in [0.25, 0.3) is 0 Å². The largest absolute Gasteiger partial charge is 0.303 e. The normalized spacial score (nSPS) is 20.8. The first-order chi connectivity index (χ1) is 9.61. The molecule has 0 amide bonds. The van der Waals surface area contributed by atoms with Gasteiger partial charge in [0.2, 0.25) is 0 Å². The van der Waals surface area contributed by atoms with Crippen molar-refractivity contribution in [1.29, 1.82) is 0 Å². The quantitative estimate of drug-likeness (QED) is 0.786. The SMILES string of the molecule is O=CC1c2ccc(F)cc2C(=O)C1c1ccc(F)cc1. The van der Waals surface area contributed by atoms with E-state index in [4.69, 9.17) is 0 Å². The van der Waals surface area contributed by atoms with Crippen LogP contribution in [0.4, 0.5) is 8.78 Å². The van der Waals surface area contributed by atoms with Gasteiger partial charge in [0, 0.05) is 5.56 Å². The molecule has 2 nitrogen and oxygen atoms in total. The molecule has 100 valence electrons. The van der Waals surface area contributed by atoms with E-state index >= 15 is 0 Å². The van der Waals surface area contributed by atoms with E-state index < -0.39 is 23.5 Å². The summed E-state index contributed by atoms with van der Waals surface area (Å²) in [5.41, 5.74) is 1.32. The van der Waals surface area contributed by atoms with Crippen LogP contribution in [-0.2, 0) is 4.79 Å². The maximum absolute atomic E-state index is 13.3. The maximum atomic E-state index is 13.3. The van der Waals surface area contributed by atoms with Crippen molar-refractivity contribution in [2.75, 3.05) is 0 Å². The van der Waals surface area contributed by atoms with Crippen molar-refractivity contribution in [3.05, 3.63) is 70.8 Å². The van der Waals surface area contributed by atoms with Crippen LogP contribution in [0.5, 0.6) is 0 Å². The van der Waals surface area contributed by atoms with Crippen LogP contribution in [0.3, 0.4) is 0 Å². The Morgan fingerprint density at radius 2 is 1.60 bits per heavy atom. The number of hydrogen-bond acceptors (Lipinski definition) is 2. The fraction of sp³-hybridized carbons (Fsp3) is 0.125. The third-order valence-electron chi connectivity index (χ3n) is 3.66. The van der Waals surface area contributed by atoms with Crippen molar-refractivity contribution in [2.45, 2.75) is 11.8 Å². The number of halogens is 2. The van der Waals surface area contributed by atoms with Crippen LogP contribution in [0.2, 0.25) is 0 Å². The van der Waals surface area contributed by atoms with Crippen molar-refractivity contribution in [3.8, 4) is 0 Å². The summed E-state index contributed by atoms with van der Waals surface area (Å²) in [7, 11) is 0. The van der Waals surface area contributed by atoms with Gasteiger partial charge < -0.3 is 4.79 Å². The van der Waals surface area contributed by atoms with Gasteiger partial charge in [-0.3, -0.25) is 4.79 Å². The lowest BCUT2D eigenvalue weighted by molar-refractivity contribution is -0.109. The first-order valence-corrected chi connectivity index (χ1v) is 6.16. The minimum Gasteiger partial charge on any atom is -0.303 e. The summed E-state index contributed by atoms with van der Waals surface area (Å²) in [5, 5.41) is 0. The highest BCUT2D eigenvalue weighted by Crippen LogP contribution is 2.42. The molecule has 2 aromatic rings. The number of carbonyl (C=O) groups excluding carboxylic acids is 2. The van der Waals surface area contributed by atoms with Crippen molar-refractivity contribution < 1.29 is 18.4 Å². The van der Waals surface area contributed by atoms with Gasteiger partial charge in [0.1, 0.15) is 17.9 Å². The lowest BCUT2D eigenvalue weighted by atomic mass is 9.87. The number of carbonyl (C=O) groups is 2. The molecule has 0 saturated heterocycles. The van der Waals surface area contributed by atoms with Crippen LogP contribution in [0.15, 0.2) is 42.5 Å². The predicted octanol–water partition coefficient (Wildman–Crippen LogP) is 3.23. The van der Waals surface area contributed by atoms with E-state index in [0.29, 0.717) is 17.4 Å². The highest BCUT2D eigenvalue weighted by atomic mass is 19.1. The van der Waals surface area contributed by atoms with Gasteiger partial charge in [0.15, 0.2) is 5.78 Å². The molecule has 0 fully saturated rings. The molecule has 0 N–H and O–H groups in total. The minimum atomic E-state index is -0.704. The van der Waals surface area contributed by atoms with E-state index in [9.17, 15) is 18.4 Å². The topological polar surface area (TPSA) is 34.1 Å². The van der Waals surface area contributed by atoms with Gasteiger partial charge in [-0.2, -0.15) is 0 Å². The molecule has 2 atom stereocenters. The number of fused-ring (bicyclic) bond motifs is 1. The van der Waals surface area contributed by atoms with Crippen LogP contribution in [0, 0.1) is 11.6 Å². The van der Waals surface area contributed by atoms with Gasteiger partial charge in [-0.25, -0.2) is 8.78 Å². The summed E-state index contributed by atoms with van der Waals surface area (Å²) >= 11 is 0. The number of rotatable bonds is 2. The molecular formula is C16H10F2O2. The lowest BCUT2D eigenvalue weighted by Gasteiger charge is -2.13. The molecule has 0 radical (unpaired) electrons. The van der Waals surface area contributed by atoms with Gasteiger partial charge in [-0.1, -0.05) is 18.2 Å². The van der Waals surface area contributed by atoms with Crippen molar-refractivity contribution in [2.24, 2.45) is 0 Å². The predicted molar refractivity (Wildman–Crippen MR) is 68.7 cm³/mol. The third kappa shape index (κ3) is 1.84. The fourth-order valence-electron chi connectivity index (χ4n) is 2.72. The molecule has 0 spiro atoms. The number of hydrogen-bond donors (Lipinski definition) is 0. The zero-order valence-corrected chi connectivity index (χ0v) is 10.3. The molecule has 3 rings (SSSR count). The minimum absolute atomic E-state index is 0.233. The Morgan fingerprint density at radius 3 is 2.25 bits per heavy atom. The Kier molecular flexibility index (Phi) is 2.93. The Labute approximate surface area is 114 Å². The summed E-state index contributed by atoms with van der Waals surface area (Å²) in [5.74, 6) is -2.58. The van der Waals surface area contributed by atoms with E-state index in [1.165, 1.54) is 36.4 Å². The molecule has 0 heterocycles. The van der Waals surface area contributed by atoms with E-state index in [1.54, 1.807) is 0 Å². The maximum Gasteiger partial charge on any atom is 0.171 e. The zero-order chi connectivity index (χ0) is 14.3. The number of ketones is 1. The molecule has 0 aromatic heterocycles. The molecule has 0 saturated carbocycles. The third-order valence-corrected chi connectivity index (χ3v) is 3.66. The molecule has 1 aliphatic carbocycles. The number of benzene rings is 2. The molecule has 0 bridgehead atoms. The second kappa shape index (κ2) is 4.63. The number of Topliss-reactive ketones (excluding diaryl/α,β-unsaturated/α-hetero) is 1. The summed E-state index contributed by atoms with van der Waals surface area (Å²) in [6, 6.07) is 9.30. The second-order valence-electron chi connectivity index (χ2n) is 4.79. The molecular weight excluding hydrogens is 262 g/mol. The van der Waals surface area contributed by atoms with E-state index in [-0.39, 0.29) is 11.3 Å². The Balaban J connectivity index is 2.12. The zero-order valence-electron chi connectivity index (χ0n) is 10.3. The van der Waals surface area contributed by atoms with E-state index in [1.807, 2.05) is 0 Å². The van der Waals surface area contributed by atoms with Gasteiger partial charge in [0.05, 0.1) is 11.8 Å². The summed E-state index contributed by atoms with van der Waals surface area (Å²) in [6.45, 7) is 0. The van der Waals surface area contributed by atoms with Crippen LogP contribution in [-0.4, -0.2) is 12.1 Å². The fourth-order valence-corrected chi connectivity index (χ4v) is 2.72. The van der Waals surface area contributed by atoms with Gasteiger partial charge in [-0.05, 0) is 35.4 Å². The summed E-state index contributed by atoms with van der Waals surface area (Å²) in [6.07, 6.45) is 0.690. The Hall–Kier alpha value is -2.36. The molecule has 1 aliphatic rings. The van der Waals surface area contributed by atoms with E-state index in [0.717, 1.165) is 6.07 Å².